The molecule has 4 heteroatoms. The largest absolute Gasteiger partial charge is 0.426 e. The topological polar surface area (TPSA) is 43.4 Å². The van der Waals surface area contributed by atoms with Crippen molar-refractivity contribution in [2.75, 3.05) is 0 Å². The van der Waals surface area contributed by atoms with Gasteiger partial charge in [-0.15, -0.1) is 0 Å². The van der Waals surface area contributed by atoms with Gasteiger partial charge < -0.3 is 4.74 Å². The zero-order valence-electron chi connectivity index (χ0n) is 8.76. The number of esters is 1. The second-order valence-electron chi connectivity index (χ2n) is 3.31. The van der Waals surface area contributed by atoms with Crippen molar-refractivity contribution in [3.63, 3.8) is 0 Å². The lowest BCUT2D eigenvalue weighted by molar-refractivity contribution is -0.131. The van der Waals surface area contributed by atoms with E-state index in [1.54, 1.807) is 26.0 Å². The molecule has 0 heterocycles. The van der Waals surface area contributed by atoms with E-state index >= 15 is 0 Å². The molecule has 0 saturated heterocycles. The third-order valence-electron chi connectivity index (χ3n) is 1.93. The highest BCUT2D eigenvalue weighted by molar-refractivity contribution is 6.67. The summed E-state index contributed by atoms with van der Waals surface area (Å²) in [7, 11) is 0. The fourth-order valence-corrected chi connectivity index (χ4v) is 1.48. The monoisotopic (exact) mass is 226 g/mol. The normalized spacial score (nSPS) is 9.87. The van der Waals surface area contributed by atoms with E-state index in [-0.39, 0.29) is 5.97 Å². The summed E-state index contributed by atoms with van der Waals surface area (Å²) in [6.07, 6.45) is 0. The molecule has 0 aliphatic rings. The molecular weight excluding hydrogens is 216 g/mol. The molecule has 1 aromatic rings. The molecule has 0 aromatic heterocycles. The van der Waals surface area contributed by atoms with E-state index in [0.29, 0.717) is 22.4 Å². The van der Waals surface area contributed by atoms with E-state index in [1.165, 1.54) is 6.92 Å². The lowest BCUT2D eigenvalue weighted by Crippen LogP contribution is -2.05. The van der Waals surface area contributed by atoms with Gasteiger partial charge in [0.05, 0.1) is 0 Å². The summed E-state index contributed by atoms with van der Waals surface area (Å²) in [4.78, 5) is 21.8. The number of ether oxygens (including phenoxy) is 1. The van der Waals surface area contributed by atoms with Crippen LogP contribution in [0.4, 0.5) is 0 Å². The van der Waals surface area contributed by atoms with Gasteiger partial charge in [0.25, 0.3) is 5.24 Å². The number of benzene rings is 1. The number of rotatable bonds is 2. The van der Waals surface area contributed by atoms with Crippen molar-refractivity contribution >= 4 is 22.8 Å². The minimum absolute atomic E-state index is 0.383. The van der Waals surface area contributed by atoms with Gasteiger partial charge in [-0.05, 0) is 48.7 Å². The molecule has 0 radical (unpaired) electrons. The van der Waals surface area contributed by atoms with Crippen LogP contribution in [0.5, 0.6) is 5.75 Å². The number of aryl methyl sites for hydroxylation is 2. The summed E-state index contributed by atoms with van der Waals surface area (Å²) in [5, 5.41) is -0.518. The van der Waals surface area contributed by atoms with Crippen molar-refractivity contribution in [3.05, 3.63) is 28.8 Å². The first-order chi connectivity index (χ1) is 6.91. The molecule has 1 rings (SSSR count). The predicted octanol–water partition coefficient (Wildman–Crippen LogP) is 2.61. The summed E-state index contributed by atoms with van der Waals surface area (Å²) in [6.45, 7) is 4.85. The molecule has 0 spiro atoms. The summed E-state index contributed by atoms with van der Waals surface area (Å²) in [6, 6.07) is 3.20. The van der Waals surface area contributed by atoms with Crippen LogP contribution >= 0.6 is 11.6 Å². The fourth-order valence-electron chi connectivity index (χ4n) is 1.37. The standard InChI is InChI=1S/C11H11ClO3/c1-6-4-9(11(12)14)5-7(2)10(6)15-8(3)13/h4-5H,1-3H3. The van der Waals surface area contributed by atoms with Gasteiger partial charge >= 0.3 is 5.97 Å². The molecule has 0 amide bonds. The van der Waals surface area contributed by atoms with Crippen molar-refractivity contribution in [1.82, 2.24) is 0 Å². The number of carbonyl (C=O) groups excluding carboxylic acids is 2. The summed E-state index contributed by atoms with van der Waals surface area (Å²) >= 11 is 5.36. The summed E-state index contributed by atoms with van der Waals surface area (Å²) in [5.74, 6) is 0.107. The van der Waals surface area contributed by atoms with Gasteiger partial charge in [-0.25, -0.2) is 0 Å². The van der Waals surface area contributed by atoms with E-state index in [2.05, 4.69) is 0 Å². The molecule has 0 saturated carbocycles. The average Bonchev–Trinajstić information content (AvgIpc) is 2.10. The number of halogens is 1. The molecule has 0 aliphatic carbocycles. The van der Waals surface area contributed by atoms with Crippen LogP contribution in [0, 0.1) is 13.8 Å². The van der Waals surface area contributed by atoms with Crippen LogP contribution in [0.1, 0.15) is 28.4 Å². The Morgan fingerprint density at radius 3 is 2.00 bits per heavy atom. The number of hydrogen-bond acceptors (Lipinski definition) is 3. The quantitative estimate of drug-likeness (QED) is 0.442. The van der Waals surface area contributed by atoms with Gasteiger partial charge in [-0.2, -0.15) is 0 Å². The van der Waals surface area contributed by atoms with Crippen molar-refractivity contribution in [3.8, 4) is 5.75 Å². The van der Waals surface area contributed by atoms with Crippen LogP contribution in [-0.4, -0.2) is 11.2 Å². The Bertz CT molecular complexity index is 401. The maximum absolute atomic E-state index is 10.9. The second kappa shape index (κ2) is 4.45. The molecule has 0 aliphatic heterocycles. The first-order valence-electron chi connectivity index (χ1n) is 4.41. The molecule has 1 aromatic carbocycles. The van der Waals surface area contributed by atoms with Crippen molar-refractivity contribution < 1.29 is 14.3 Å². The molecule has 0 N–H and O–H groups in total. The molecule has 80 valence electrons. The summed E-state index contributed by atoms with van der Waals surface area (Å²) < 4.78 is 5.02. The maximum atomic E-state index is 10.9. The van der Waals surface area contributed by atoms with Crippen LogP contribution in [0.15, 0.2) is 12.1 Å². The zero-order chi connectivity index (χ0) is 11.6. The first kappa shape index (κ1) is 11.7. The molecule has 0 bridgehead atoms. The van der Waals surface area contributed by atoms with E-state index in [4.69, 9.17) is 16.3 Å². The van der Waals surface area contributed by atoms with Crippen LogP contribution < -0.4 is 4.74 Å². The third kappa shape index (κ3) is 2.80. The molecular formula is C11H11ClO3. The van der Waals surface area contributed by atoms with E-state index in [9.17, 15) is 9.59 Å². The van der Waals surface area contributed by atoms with Gasteiger partial charge in [0.1, 0.15) is 5.75 Å². The van der Waals surface area contributed by atoms with E-state index in [0.717, 1.165) is 0 Å². The van der Waals surface area contributed by atoms with Gasteiger partial charge in [-0.3, -0.25) is 9.59 Å². The summed E-state index contributed by atoms with van der Waals surface area (Å²) in [5.41, 5.74) is 1.84. The van der Waals surface area contributed by atoms with Crippen LogP contribution in [-0.2, 0) is 4.79 Å². The lowest BCUT2D eigenvalue weighted by atomic mass is 10.1. The smallest absolute Gasteiger partial charge is 0.308 e. The van der Waals surface area contributed by atoms with Crippen LogP contribution in [0.2, 0.25) is 0 Å². The first-order valence-corrected chi connectivity index (χ1v) is 4.79. The van der Waals surface area contributed by atoms with E-state index < -0.39 is 5.24 Å². The molecule has 3 nitrogen and oxygen atoms in total. The highest BCUT2D eigenvalue weighted by Crippen LogP contribution is 2.25. The van der Waals surface area contributed by atoms with Crippen LogP contribution in [0.3, 0.4) is 0 Å². The van der Waals surface area contributed by atoms with E-state index in [1.807, 2.05) is 0 Å². The van der Waals surface area contributed by atoms with Crippen molar-refractivity contribution in [2.24, 2.45) is 0 Å². The molecule has 0 fully saturated rings. The Labute approximate surface area is 93.0 Å². The Morgan fingerprint density at radius 1 is 1.20 bits per heavy atom. The van der Waals surface area contributed by atoms with Gasteiger partial charge in [0.2, 0.25) is 0 Å². The fraction of sp³-hybridized carbons (Fsp3) is 0.273. The minimum Gasteiger partial charge on any atom is -0.426 e. The van der Waals surface area contributed by atoms with Crippen molar-refractivity contribution in [2.45, 2.75) is 20.8 Å². The SMILES string of the molecule is CC(=O)Oc1c(C)cc(C(=O)Cl)cc1C. The predicted molar refractivity (Wildman–Crippen MR) is 57.4 cm³/mol. The molecule has 0 atom stereocenters. The Hall–Kier alpha value is -1.35. The number of hydrogen-bond donors (Lipinski definition) is 0. The Balaban J connectivity index is 3.21. The Morgan fingerprint density at radius 2 is 1.67 bits per heavy atom. The van der Waals surface area contributed by atoms with Crippen LogP contribution in [0.25, 0.3) is 0 Å². The van der Waals surface area contributed by atoms with Gasteiger partial charge in [0.15, 0.2) is 0 Å². The zero-order valence-corrected chi connectivity index (χ0v) is 9.51. The number of carbonyl (C=O) groups is 2. The average molecular weight is 227 g/mol. The lowest BCUT2D eigenvalue weighted by Gasteiger charge is -2.09. The Kier molecular flexibility index (Phi) is 3.48. The maximum Gasteiger partial charge on any atom is 0.308 e. The highest BCUT2D eigenvalue weighted by atomic mass is 35.5. The van der Waals surface area contributed by atoms with Gasteiger partial charge in [0, 0.05) is 12.5 Å². The highest BCUT2D eigenvalue weighted by Gasteiger charge is 2.11. The molecule has 15 heavy (non-hydrogen) atoms. The van der Waals surface area contributed by atoms with Crippen molar-refractivity contribution in [1.29, 1.82) is 0 Å². The minimum atomic E-state index is -0.518. The van der Waals surface area contributed by atoms with Gasteiger partial charge in [-0.1, -0.05) is 0 Å². The second-order valence-corrected chi connectivity index (χ2v) is 3.65. The third-order valence-corrected chi connectivity index (χ3v) is 2.15. The molecule has 0 unspecified atom stereocenters.